The third-order valence-electron chi connectivity index (χ3n) is 1.81. The minimum atomic E-state index is -1.19. The smallest absolute Gasteiger partial charge is 0.322 e. The fourth-order valence-electron chi connectivity index (χ4n) is 0.997. The van der Waals surface area contributed by atoms with Gasteiger partial charge in [0.2, 0.25) is 17.7 Å². The molecule has 9 heteroatoms. The SMILES string of the molecule is CC(O)CC(=O)NCC(=O)NCC(=O)NCC(=O)O. The average Bonchev–Trinajstić information content (AvgIpc) is 2.30. The number of carboxylic acids is 1. The van der Waals surface area contributed by atoms with Gasteiger partial charge >= 0.3 is 5.97 Å². The Hall–Kier alpha value is -2.16. The second-order valence-electron chi connectivity index (χ2n) is 3.78. The van der Waals surface area contributed by atoms with Gasteiger partial charge in [0.1, 0.15) is 6.54 Å². The lowest BCUT2D eigenvalue weighted by molar-refractivity contribution is -0.137. The van der Waals surface area contributed by atoms with E-state index in [1.54, 1.807) is 0 Å². The van der Waals surface area contributed by atoms with Crippen molar-refractivity contribution in [2.45, 2.75) is 19.4 Å². The van der Waals surface area contributed by atoms with Gasteiger partial charge in [-0.25, -0.2) is 0 Å². The van der Waals surface area contributed by atoms with Crippen LogP contribution in [0, 0.1) is 0 Å². The summed E-state index contributed by atoms with van der Waals surface area (Å²) < 4.78 is 0. The fraction of sp³-hybridized carbons (Fsp3) is 0.600. The third kappa shape index (κ3) is 10.7. The van der Waals surface area contributed by atoms with Crippen molar-refractivity contribution < 1.29 is 29.4 Å². The van der Waals surface area contributed by atoms with Gasteiger partial charge in [0, 0.05) is 0 Å². The highest BCUT2D eigenvalue weighted by Gasteiger charge is 2.09. The van der Waals surface area contributed by atoms with E-state index in [2.05, 4.69) is 16.0 Å². The van der Waals surface area contributed by atoms with Crippen molar-refractivity contribution in [3.63, 3.8) is 0 Å². The van der Waals surface area contributed by atoms with Gasteiger partial charge in [0.05, 0.1) is 25.6 Å². The molecule has 1 unspecified atom stereocenters. The molecule has 0 aromatic heterocycles. The Morgan fingerprint density at radius 2 is 1.32 bits per heavy atom. The van der Waals surface area contributed by atoms with Gasteiger partial charge in [0.25, 0.3) is 0 Å². The highest BCUT2D eigenvalue weighted by atomic mass is 16.4. The standard InChI is InChI=1S/C10H17N3O6/c1-6(14)2-7(15)11-3-8(16)12-4-9(17)13-5-10(18)19/h6,14H,2-5H2,1H3,(H,11,15)(H,12,16)(H,13,17)(H,18,19). The number of carboxylic acid groups (broad SMARTS) is 1. The van der Waals surface area contributed by atoms with E-state index in [9.17, 15) is 19.2 Å². The molecule has 9 nitrogen and oxygen atoms in total. The first-order valence-corrected chi connectivity index (χ1v) is 5.51. The van der Waals surface area contributed by atoms with Crippen LogP contribution < -0.4 is 16.0 Å². The first kappa shape index (κ1) is 16.8. The fourth-order valence-corrected chi connectivity index (χ4v) is 0.997. The molecule has 0 aromatic carbocycles. The summed E-state index contributed by atoms with van der Waals surface area (Å²) in [7, 11) is 0. The van der Waals surface area contributed by atoms with Crippen LogP contribution in [0.15, 0.2) is 0 Å². The number of carbonyl (C=O) groups is 4. The zero-order chi connectivity index (χ0) is 14.8. The molecule has 0 aliphatic heterocycles. The van der Waals surface area contributed by atoms with Crippen molar-refractivity contribution in [2.24, 2.45) is 0 Å². The van der Waals surface area contributed by atoms with Crippen molar-refractivity contribution in [3.05, 3.63) is 0 Å². The molecule has 5 N–H and O–H groups in total. The third-order valence-corrected chi connectivity index (χ3v) is 1.81. The maximum absolute atomic E-state index is 11.2. The van der Waals surface area contributed by atoms with E-state index in [0.29, 0.717) is 0 Å². The molecule has 0 spiro atoms. The zero-order valence-corrected chi connectivity index (χ0v) is 10.4. The first-order chi connectivity index (χ1) is 8.81. The maximum atomic E-state index is 11.2. The van der Waals surface area contributed by atoms with E-state index >= 15 is 0 Å². The predicted octanol–water partition coefficient (Wildman–Crippen LogP) is -2.81. The van der Waals surface area contributed by atoms with Gasteiger partial charge in [-0.05, 0) is 6.92 Å². The van der Waals surface area contributed by atoms with Crippen LogP contribution in [-0.2, 0) is 19.2 Å². The summed E-state index contributed by atoms with van der Waals surface area (Å²) in [6.45, 7) is 0.211. The molecule has 0 rings (SSSR count). The number of carbonyl (C=O) groups excluding carboxylic acids is 3. The molecule has 0 fully saturated rings. The van der Waals surface area contributed by atoms with Crippen LogP contribution in [0.2, 0.25) is 0 Å². The molecule has 0 saturated heterocycles. The largest absolute Gasteiger partial charge is 0.480 e. The Morgan fingerprint density at radius 1 is 0.895 bits per heavy atom. The lowest BCUT2D eigenvalue weighted by Gasteiger charge is -2.07. The van der Waals surface area contributed by atoms with Crippen LogP contribution >= 0.6 is 0 Å². The van der Waals surface area contributed by atoms with E-state index in [1.807, 2.05) is 0 Å². The molecular formula is C10H17N3O6. The minimum absolute atomic E-state index is 0.119. The van der Waals surface area contributed by atoms with Crippen molar-refractivity contribution in [3.8, 4) is 0 Å². The van der Waals surface area contributed by atoms with Crippen LogP contribution in [0.5, 0.6) is 0 Å². The number of amides is 3. The quantitative estimate of drug-likeness (QED) is 0.323. The number of hydrogen-bond acceptors (Lipinski definition) is 5. The number of aliphatic carboxylic acids is 1. The first-order valence-electron chi connectivity index (χ1n) is 5.51. The lowest BCUT2D eigenvalue weighted by Crippen LogP contribution is -2.43. The number of aliphatic hydroxyl groups is 1. The van der Waals surface area contributed by atoms with Gasteiger partial charge in [-0.3, -0.25) is 19.2 Å². The number of aliphatic hydroxyl groups excluding tert-OH is 1. The molecule has 0 saturated carbocycles. The maximum Gasteiger partial charge on any atom is 0.322 e. The molecule has 0 bridgehead atoms. The molecular weight excluding hydrogens is 258 g/mol. The van der Waals surface area contributed by atoms with E-state index < -0.39 is 36.3 Å². The Labute approximate surface area is 109 Å². The van der Waals surface area contributed by atoms with E-state index in [0.717, 1.165) is 0 Å². The Morgan fingerprint density at radius 3 is 1.74 bits per heavy atom. The summed E-state index contributed by atoms with van der Waals surface area (Å²) in [4.78, 5) is 43.4. The number of hydrogen-bond donors (Lipinski definition) is 5. The molecule has 1 atom stereocenters. The molecule has 0 aliphatic carbocycles. The van der Waals surface area contributed by atoms with E-state index in [1.165, 1.54) is 6.92 Å². The summed E-state index contributed by atoms with van der Waals surface area (Å²) in [5.74, 6) is -2.92. The highest BCUT2D eigenvalue weighted by Crippen LogP contribution is 1.87. The van der Waals surface area contributed by atoms with Gasteiger partial charge in [-0.15, -0.1) is 0 Å². The van der Waals surface area contributed by atoms with Crippen LogP contribution in [0.4, 0.5) is 0 Å². The van der Waals surface area contributed by atoms with Crippen LogP contribution in [0.25, 0.3) is 0 Å². The molecule has 0 aliphatic rings. The summed E-state index contributed by atoms with van der Waals surface area (Å²) in [5.41, 5.74) is 0. The molecule has 19 heavy (non-hydrogen) atoms. The summed E-state index contributed by atoms with van der Waals surface area (Å²) in [5, 5.41) is 23.7. The second kappa shape index (κ2) is 8.86. The topological polar surface area (TPSA) is 145 Å². The van der Waals surface area contributed by atoms with Crippen molar-refractivity contribution in [1.82, 2.24) is 16.0 Å². The Bertz CT molecular complexity index is 355. The van der Waals surface area contributed by atoms with Crippen LogP contribution in [0.1, 0.15) is 13.3 Å². The lowest BCUT2D eigenvalue weighted by atomic mass is 10.3. The second-order valence-corrected chi connectivity index (χ2v) is 3.78. The molecule has 3 amide bonds. The monoisotopic (exact) mass is 275 g/mol. The van der Waals surface area contributed by atoms with Gasteiger partial charge in [-0.2, -0.15) is 0 Å². The Kier molecular flexibility index (Phi) is 7.85. The molecule has 0 radical (unpaired) electrons. The molecule has 108 valence electrons. The van der Waals surface area contributed by atoms with Gasteiger partial charge in [-0.1, -0.05) is 0 Å². The summed E-state index contributed by atoms with van der Waals surface area (Å²) >= 11 is 0. The van der Waals surface area contributed by atoms with Crippen molar-refractivity contribution in [2.75, 3.05) is 19.6 Å². The Balaban J connectivity index is 3.72. The molecule has 0 heterocycles. The summed E-state index contributed by atoms with van der Waals surface area (Å²) in [6.07, 6.45) is -0.920. The zero-order valence-electron chi connectivity index (χ0n) is 10.4. The summed E-state index contributed by atoms with van der Waals surface area (Å²) in [6, 6.07) is 0. The van der Waals surface area contributed by atoms with Gasteiger partial charge < -0.3 is 26.2 Å². The van der Waals surface area contributed by atoms with Crippen molar-refractivity contribution >= 4 is 23.7 Å². The number of nitrogens with one attached hydrogen (secondary N) is 3. The van der Waals surface area contributed by atoms with Crippen LogP contribution in [-0.4, -0.2) is 59.6 Å². The highest BCUT2D eigenvalue weighted by molar-refractivity contribution is 5.89. The molecule has 0 aromatic rings. The van der Waals surface area contributed by atoms with Crippen molar-refractivity contribution in [1.29, 1.82) is 0 Å². The van der Waals surface area contributed by atoms with Gasteiger partial charge in [0.15, 0.2) is 0 Å². The van der Waals surface area contributed by atoms with E-state index in [-0.39, 0.29) is 19.5 Å². The minimum Gasteiger partial charge on any atom is -0.480 e. The van der Waals surface area contributed by atoms with Crippen LogP contribution in [0.3, 0.4) is 0 Å². The predicted molar refractivity (Wildman–Crippen MR) is 63.0 cm³/mol. The average molecular weight is 275 g/mol. The van der Waals surface area contributed by atoms with E-state index in [4.69, 9.17) is 10.2 Å². The number of rotatable bonds is 8. The normalized spacial score (nSPS) is 11.3.